The van der Waals surface area contributed by atoms with Crippen LogP contribution in [0.3, 0.4) is 0 Å². The Morgan fingerprint density at radius 3 is 2.57 bits per heavy atom. The number of halogens is 1. The standard InChI is InChI=1S/C16H19BrN2O2/c1-3-21-13-6-4-5-11(9-13)16(19-18)12-7-8-15(20-2)14(17)10-12/h4-10,16,19H,3,18H2,1-2H3. The number of rotatable bonds is 6. The Balaban J connectivity index is 2.34. The van der Waals surface area contributed by atoms with Crippen molar-refractivity contribution in [3.05, 3.63) is 58.1 Å². The summed E-state index contributed by atoms with van der Waals surface area (Å²) in [6.45, 7) is 2.60. The summed E-state index contributed by atoms with van der Waals surface area (Å²) in [7, 11) is 1.64. The van der Waals surface area contributed by atoms with E-state index in [0.29, 0.717) is 6.61 Å². The van der Waals surface area contributed by atoms with Gasteiger partial charge in [0.2, 0.25) is 0 Å². The lowest BCUT2D eigenvalue weighted by Gasteiger charge is -2.18. The summed E-state index contributed by atoms with van der Waals surface area (Å²) in [5, 5.41) is 0. The number of hydrazine groups is 1. The summed E-state index contributed by atoms with van der Waals surface area (Å²) in [6.07, 6.45) is 0. The Morgan fingerprint density at radius 2 is 1.95 bits per heavy atom. The van der Waals surface area contributed by atoms with Gasteiger partial charge in [0.05, 0.1) is 24.2 Å². The van der Waals surface area contributed by atoms with E-state index < -0.39 is 0 Å². The highest BCUT2D eigenvalue weighted by atomic mass is 79.9. The van der Waals surface area contributed by atoms with Gasteiger partial charge in [0.25, 0.3) is 0 Å². The molecule has 1 unspecified atom stereocenters. The first-order valence-corrected chi connectivity index (χ1v) is 7.51. The van der Waals surface area contributed by atoms with Crippen LogP contribution < -0.4 is 20.7 Å². The van der Waals surface area contributed by atoms with E-state index in [1.165, 1.54) is 0 Å². The van der Waals surface area contributed by atoms with Crippen molar-refractivity contribution in [1.82, 2.24) is 5.43 Å². The van der Waals surface area contributed by atoms with Gasteiger partial charge in [-0.25, -0.2) is 5.43 Å². The molecule has 3 N–H and O–H groups in total. The number of nitrogens with two attached hydrogens (primary N) is 1. The van der Waals surface area contributed by atoms with Gasteiger partial charge in [-0.3, -0.25) is 5.84 Å². The molecule has 0 aromatic heterocycles. The molecule has 4 nitrogen and oxygen atoms in total. The van der Waals surface area contributed by atoms with Crippen LogP contribution in [0.15, 0.2) is 46.9 Å². The second-order valence-electron chi connectivity index (χ2n) is 4.50. The molecule has 0 spiro atoms. The zero-order valence-electron chi connectivity index (χ0n) is 12.1. The maximum atomic E-state index is 5.74. The van der Waals surface area contributed by atoms with E-state index in [-0.39, 0.29) is 6.04 Å². The van der Waals surface area contributed by atoms with Crippen LogP contribution in [0.25, 0.3) is 0 Å². The third-order valence-corrected chi connectivity index (χ3v) is 3.80. The van der Waals surface area contributed by atoms with Gasteiger partial charge in [0, 0.05) is 0 Å². The average molecular weight is 351 g/mol. The summed E-state index contributed by atoms with van der Waals surface area (Å²) >= 11 is 3.50. The molecule has 112 valence electrons. The molecule has 21 heavy (non-hydrogen) atoms. The molecule has 5 heteroatoms. The van der Waals surface area contributed by atoms with Gasteiger partial charge >= 0.3 is 0 Å². The van der Waals surface area contributed by atoms with Crippen LogP contribution in [0.2, 0.25) is 0 Å². The zero-order chi connectivity index (χ0) is 15.2. The van der Waals surface area contributed by atoms with Crippen molar-refractivity contribution < 1.29 is 9.47 Å². The number of hydrogen-bond donors (Lipinski definition) is 2. The van der Waals surface area contributed by atoms with E-state index in [2.05, 4.69) is 21.4 Å². The van der Waals surface area contributed by atoms with Crippen LogP contribution in [0.4, 0.5) is 0 Å². The van der Waals surface area contributed by atoms with Crippen molar-refractivity contribution in [2.75, 3.05) is 13.7 Å². The zero-order valence-corrected chi connectivity index (χ0v) is 13.7. The Kier molecular flexibility index (Phi) is 5.61. The lowest BCUT2D eigenvalue weighted by molar-refractivity contribution is 0.339. The van der Waals surface area contributed by atoms with Gasteiger partial charge in [-0.15, -0.1) is 0 Å². The van der Waals surface area contributed by atoms with Crippen LogP contribution in [0, 0.1) is 0 Å². The molecule has 0 fully saturated rings. The predicted molar refractivity (Wildman–Crippen MR) is 87.5 cm³/mol. The lowest BCUT2D eigenvalue weighted by Crippen LogP contribution is -2.28. The fourth-order valence-corrected chi connectivity index (χ4v) is 2.76. The van der Waals surface area contributed by atoms with Gasteiger partial charge in [-0.05, 0) is 58.2 Å². The Bertz CT molecular complexity index is 605. The van der Waals surface area contributed by atoms with Crippen LogP contribution in [-0.4, -0.2) is 13.7 Å². The summed E-state index contributed by atoms with van der Waals surface area (Å²) < 4.78 is 11.7. The van der Waals surface area contributed by atoms with Crippen LogP contribution in [0.1, 0.15) is 24.1 Å². The number of benzene rings is 2. The molecule has 0 radical (unpaired) electrons. The minimum absolute atomic E-state index is 0.118. The van der Waals surface area contributed by atoms with Crippen molar-refractivity contribution in [3.63, 3.8) is 0 Å². The second-order valence-corrected chi connectivity index (χ2v) is 5.35. The number of hydrogen-bond acceptors (Lipinski definition) is 4. The molecule has 0 aliphatic heterocycles. The molecule has 2 rings (SSSR count). The molecular formula is C16H19BrN2O2. The molecule has 2 aromatic carbocycles. The van der Waals surface area contributed by atoms with Crippen molar-refractivity contribution in [1.29, 1.82) is 0 Å². The number of nitrogens with one attached hydrogen (secondary N) is 1. The van der Waals surface area contributed by atoms with Gasteiger partial charge in [0.15, 0.2) is 0 Å². The van der Waals surface area contributed by atoms with Crippen molar-refractivity contribution in [2.24, 2.45) is 5.84 Å². The molecule has 1 atom stereocenters. The average Bonchev–Trinajstić information content (AvgIpc) is 2.49. The molecule has 0 saturated heterocycles. The van der Waals surface area contributed by atoms with Crippen LogP contribution >= 0.6 is 15.9 Å². The Morgan fingerprint density at radius 1 is 1.19 bits per heavy atom. The Hall–Kier alpha value is -1.56. The molecule has 2 aromatic rings. The van der Waals surface area contributed by atoms with E-state index >= 15 is 0 Å². The normalized spacial score (nSPS) is 12.0. The summed E-state index contributed by atoms with van der Waals surface area (Å²) in [5.41, 5.74) is 4.93. The van der Waals surface area contributed by atoms with Crippen molar-refractivity contribution >= 4 is 15.9 Å². The topological polar surface area (TPSA) is 56.5 Å². The maximum Gasteiger partial charge on any atom is 0.133 e. The maximum absolute atomic E-state index is 5.74. The SMILES string of the molecule is CCOc1cccc(C(NN)c2ccc(OC)c(Br)c2)c1. The largest absolute Gasteiger partial charge is 0.496 e. The molecule has 0 aliphatic carbocycles. The smallest absolute Gasteiger partial charge is 0.133 e. The molecular weight excluding hydrogens is 332 g/mol. The van der Waals surface area contributed by atoms with Gasteiger partial charge < -0.3 is 9.47 Å². The Labute approximate surface area is 133 Å². The lowest BCUT2D eigenvalue weighted by atomic mass is 9.99. The minimum Gasteiger partial charge on any atom is -0.496 e. The van der Waals surface area contributed by atoms with E-state index in [1.807, 2.05) is 49.4 Å². The fourth-order valence-electron chi connectivity index (χ4n) is 2.20. The fraction of sp³-hybridized carbons (Fsp3) is 0.250. The predicted octanol–water partition coefficient (Wildman–Crippen LogP) is 3.41. The van der Waals surface area contributed by atoms with E-state index in [4.69, 9.17) is 15.3 Å². The highest BCUT2D eigenvalue weighted by Gasteiger charge is 2.14. The highest BCUT2D eigenvalue weighted by molar-refractivity contribution is 9.10. The van der Waals surface area contributed by atoms with Crippen molar-refractivity contribution in [3.8, 4) is 11.5 Å². The summed E-state index contributed by atoms with van der Waals surface area (Å²) in [5.74, 6) is 7.37. The first-order valence-electron chi connectivity index (χ1n) is 6.72. The second kappa shape index (κ2) is 7.45. The van der Waals surface area contributed by atoms with Gasteiger partial charge in [-0.2, -0.15) is 0 Å². The minimum atomic E-state index is -0.118. The van der Waals surface area contributed by atoms with Crippen LogP contribution in [-0.2, 0) is 0 Å². The van der Waals surface area contributed by atoms with E-state index in [1.54, 1.807) is 7.11 Å². The molecule has 0 amide bonds. The summed E-state index contributed by atoms with van der Waals surface area (Å²) in [6, 6.07) is 13.7. The molecule has 0 bridgehead atoms. The molecule has 0 heterocycles. The molecule has 0 aliphatic rings. The van der Waals surface area contributed by atoms with Crippen molar-refractivity contribution in [2.45, 2.75) is 13.0 Å². The third kappa shape index (κ3) is 3.75. The van der Waals surface area contributed by atoms with Gasteiger partial charge in [-0.1, -0.05) is 18.2 Å². The van der Waals surface area contributed by atoms with E-state index in [9.17, 15) is 0 Å². The number of ether oxygens (including phenoxy) is 2. The van der Waals surface area contributed by atoms with Gasteiger partial charge in [0.1, 0.15) is 11.5 Å². The third-order valence-electron chi connectivity index (χ3n) is 3.18. The first kappa shape index (κ1) is 15.8. The monoisotopic (exact) mass is 350 g/mol. The highest BCUT2D eigenvalue weighted by Crippen LogP contribution is 2.31. The number of methoxy groups -OCH3 is 1. The first-order chi connectivity index (χ1) is 10.2. The summed E-state index contributed by atoms with van der Waals surface area (Å²) in [4.78, 5) is 0. The van der Waals surface area contributed by atoms with Crippen LogP contribution in [0.5, 0.6) is 11.5 Å². The quantitative estimate of drug-likeness (QED) is 0.619. The van der Waals surface area contributed by atoms with E-state index in [0.717, 1.165) is 27.1 Å². The molecule has 0 saturated carbocycles.